The Morgan fingerprint density at radius 2 is 1.46 bits per heavy atom. The number of alkyl halides is 3. The minimum atomic E-state index is -4.47. The van der Waals surface area contributed by atoms with Crippen molar-refractivity contribution in [2.75, 3.05) is 5.32 Å². The van der Waals surface area contributed by atoms with Gasteiger partial charge in [0.25, 0.3) is 0 Å². The molecule has 2 aliphatic rings. The third kappa shape index (κ3) is 2.86. The summed E-state index contributed by atoms with van der Waals surface area (Å²) >= 11 is 0. The van der Waals surface area contributed by atoms with Crippen LogP contribution in [0.3, 0.4) is 0 Å². The SMILES string of the molecule is O=C(Nc1ccc(C(F)(F)F)cc1)C1C(=O)C2=C(CCCC2)C1=O. The van der Waals surface area contributed by atoms with Crippen LogP contribution in [0.25, 0.3) is 0 Å². The van der Waals surface area contributed by atoms with Crippen LogP contribution >= 0.6 is 0 Å². The van der Waals surface area contributed by atoms with Crippen LogP contribution < -0.4 is 5.32 Å². The first-order valence-corrected chi connectivity index (χ1v) is 7.57. The zero-order valence-corrected chi connectivity index (χ0v) is 12.6. The normalized spacial score (nSPS) is 18.8. The Labute approximate surface area is 135 Å². The molecule has 0 fully saturated rings. The van der Waals surface area contributed by atoms with Gasteiger partial charge in [-0.1, -0.05) is 0 Å². The lowest BCUT2D eigenvalue weighted by atomic mass is 9.93. The van der Waals surface area contributed by atoms with Crippen LogP contribution in [0.1, 0.15) is 31.2 Å². The van der Waals surface area contributed by atoms with Crippen LogP contribution in [-0.2, 0) is 20.6 Å². The number of amides is 1. The minimum absolute atomic E-state index is 0.110. The van der Waals surface area contributed by atoms with E-state index in [2.05, 4.69) is 5.32 Å². The Kier molecular flexibility index (Phi) is 4.03. The van der Waals surface area contributed by atoms with Gasteiger partial charge in [-0.3, -0.25) is 14.4 Å². The maximum absolute atomic E-state index is 12.5. The van der Waals surface area contributed by atoms with Gasteiger partial charge in [-0.15, -0.1) is 0 Å². The molecule has 0 radical (unpaired) electrons. The number of Topliss-reactive ketones (excluding diaryl/α,β-unsaturated/α-hetero) is 2. The first-order valence-electron chi connectivity index (χ1n) is 7.57. The molecule has 0 unspecified atom stereocenters. The zero-order valence-electron chi connectivity index (χ0n) is 12.6. The number of allylic oxidation sites excluding steroid dienone is 2. The summed E-state index contributed by atoms with van der Waals surface area (Å²) in [6.45, 7) is 0. The molecular weight excluding hydrogens is 323 g/mol. The highest BCUT2D eigenvalue weighted by atomic mass is 19.4. The Balaban J connectivity index is 1.74. The number of carbonyl (C=O) groups excluding carboxylic acids is 3. The van der Waals surface area contributed by atoms with Crippen molar-refractivity contribution in [3.8, 4) is 0 Å². The second-order valence-electron chi connectivity index (χ2n) is 5.89. The molecule has 7 heteroatoms. The van der Waals surface area contributed by atoms with Gasteiger partial charge in [0.05, 0.1) is 5.56 Å². The second-order valence-corrected chi connectivity index (χ2v) is 5.89. The van der Waals surface area contributed by atoms with E-state index in [0.29, 0.717) is 24.0 Å². The minimum Gasteiger partial charge on any atom is -0.325 e. The molecule has 0 saturated heterocycles. The van der Waals surface area contributed by atoms with E-state index in [-0.39, 0.29) is 5.69 Å². The average molecular weight is 337 g/mol. The fourth-order valence-electron chi connectivity index (χ4n) is 3.11. The maximum Gasteiger partial charge on any atom is 0.416 e. The van der Waals surface area contributed by atoms with Crippen LogP contribution in [0.4, 0.5) is 18.9 Å². The van der Waals surface area contributed by atoms with E-state index in [9.17, 15) is 27.6 Å². The topological polar surface area (TPSA) is 63.2 Å². The van der Waals surface area contributed by atoms with E-state index in [1.165, 1.54) is 0 Å². The molecule has 1 aromatic rings. The number of anilines is 1. The smallest absolute Gasteiger partial charge is 0.325 e. The summed E-state index contributed by atoms with van der Waals surface area (Å²) in [4.78, 5) is 36.8. The summed E-state index contributed by atoms with van der Waals surface area (Å²) in [6, 6.07) is 3.85. The highest BCUT2D eigenvalue weighted by molar-refractivity contribution is 6.35. The summed E-state index contributed by atoms with van der Waals surface area (Å²) < 4.78 is 37.6. The van der Waals surface area contributed by atoms with Crippen LogP contribution in [-0.4, -0.2) is 17.5 Å². The molecule has 0 heterocycles. The van der Waals surface area contributed by atoms with E-state index in [4.69, 9.17) is 0 Å². The van der Waals surface area contributed by atoms with Crippen LogP contribution in [0.2, 0.25) is 0 Å². The number of ketones is 2. The Morgan fingerprint density at radius 1 is 0.958 bits per heavy atom. The summed E-state index contributed by atoms with van der Waals surface area (Å²) in [5, 5.41) is 2.36. The van der Waals surface area contributed by atoms with Gasteiger partial charge in [-0.25, -0.2) is 0 Å². The molecule has 3 rings (SSSR count). The molecule has 1 aromatic carbocycles. The summed E-state index contributed by atoms with van der Waals surface area (Å²) in [7, 11) is 0. The van der Waals surface area contributed by atoms with Crippen LogP contribution in [0.15, 0.2) is 35.4 Å². The predicted octanol–water partition coefficient (Wildman–Crippen LogP) is 3.28. The van der Waals surface area contributed by atoms with Crippen molar-refractivity contribution in [1.29, 1.82) is 0 Å². The van der Waals surface area contributed by atoms with E-state index in [1.807, 2.05) is 0 Å². The van der Waals surface area contributed by atoms with Crippen molar-refractivity contribution in [1.82, 2.24) is 0 Å². The van der Waals surface area contributed by atoms with Crippen LogP contribution in [0.5, 0.6) is 0 Å². The largest absolute Gasteiger partial charge is 0.416 e. The number of rotatable bonds is 2. The van der Waals surface area contributed by atoms with Crippen LogP contribution in [0, 0.1) is 5.92 Å². The molecule has 24 heavy (non-hydrogen) atoms. The summed E-state index contributed by atoms with van der Waals surface area (Å²) in [5.41, 5.74) is 0.154. The number of nitrogens with one attached hydrogen (secondary N) is 1. The van der Waals surface area contributed by atoms with Crippen molar-refractivity contribution >= 4 is 23.2 Å². The van der Waals surface area contributed by atoms with Crippen molar-refractivity contribution in [3.05, 3.63) is 41.0 Å². The third-order valence-corrected chi connectivity index (χ3v) is 4.33. The van der Waals surface area contributed by atoms with Gasteiger partial charge >= 0.3 is 6.18 Å². The molecule has 126 valence electrons. The molecule has 0 atom stereocenters. The molecule has 1 amide bonds. The van der Waals surface area contributed by atoms with Gasteiger partial charge in [-0.2, -0.15) is 13.2 Å². The number of hydrogen-bond acceptors (Lipinski definition) is 3. The quantitative estimate of drug-likeness (QED) is 0.843. The molecule has 4 nitrogen and oxygen atoms in total. The van der Waals surface area contributed by atoms with E-state index in [0.717, 1.165) is 37.1 Å². The van der Waals surface area contributed by atoms with Gasteiger partial charge in [0.2, 0.25) is 5.91 Å². The Morgan fingerprint density at radius 3 is 1.92 bits per heavy atom. The fourth-order valence-corrected chi connectivity index (χ4v) is 3.11. The lowest BCUT2D eigenvalue weighted by Crippen LogP contribution is -2.32. The molecule has 1 N–H and O–H groups in total. The van der Waals surface area contributed by atoms with Gasteiger partial charge in [0, 0.05) is 16.8 Å². The number of hydrogen-bond donors (Lipinski definition) is 1. The van der Waals surface area contributed by atoms with Gasteiger partial charge in [0.1, 0.15) is 0 Å². The van der Waals surface area contributed by atoms with E-state index < -0.39 is 35.1 Å². The summed E-state index contributed by atoms with van der Waals surface area (Å²) in [5.74, 6) is -3.15. The molecular formula is C17H14F3NO3. The highest BCUT2D eigenvalue weighted by Gasteiger charge is 2.45. The van der Waals surface area contributed by atoms with Gasteiger partial charge < -0.3 is 5.32 Å². The van der Waals surface area contributed by atoms with E-state index >= 15 is 0 Å². The second kappa shape index (κ2) is 5.89. The standard InChI is InChI=1S/C17H14F3NO3/c18-17(19,20)9-5-7-10(8-6-9)21-16(24)13-14(22)11-3-1-2-4-12(11)15(13)23/h5-8,13H,1-4H2,(H,21,24). The third-order valence-electron chi connectivity index (χ3n) is 4.33. The molecule has 2 aliphatic carbocycles. The average Bonchev–Trinajstić information content (AvgIpc) is 2.79. The zero-order chi connectivity index (χ0) is 17.5. The lowest BCUT2D eigenvalue weighted by Gasteiger charge is -2.11. The van der Waals surface area contributed by atoms with Gasteiger partial charge in [-0.05, 0) is 49.9 Å². The first-order chi connectivity index (χ1) is 11.3. The number of halogens is 3. The first kappa shape index (κ1) is 16.4. The fraction of sp³-hybridized carbons (Fsp3) is 0.353. The molecule has 0 aliphatic heterocycles. The predicted molar refractivity (Wildman–Crippen MR) is 79.1 cm³/mol. The van der Waals surface area contributed by atoms with Crippen molar-refractivity contribution in [2.45, 2.75) is 31.9 Å². The monoisotopic (exact) mass is 337 g/mol. The molecule has 0 saturated carbocycles. The molecule has 0 aromatic heterocycles. The van der Waals surface area contributed by atoms with E-state index in [1.54, 1.807) is 0 Å². The maximum atomic E-state index is 12.5. The summed E-state index contributed by atoms with van der Waals surface area (Å²) in [6.07, 6.45) is -1.84. The van der Waals surface area contributed by atoms with Crippen molar-refractivity contribution in [2.24, 2.45) is 5.92 Å². The van der Waals surface area contributed by atoms with Gasteiger partial charge in [0.15, 0.2) is 17.5 Å². The van der Waals surface area contributed by atoms with Crippen molar-refractivity contribution < 1.29 is 27.6 Å². The highest BCUT2D eigenvalue weighted by Crippen LogP contribution is 2.36. The van der Waals surface area contributed by atoms with Crippen molar-refractivity contribution in [3.63, 3.8) is 0 Å². The Bertz CT molecular complexity index is 719. The molecule has 0 bridgehead atoms. The number of benzene rings is 1. The number of carbonyl (C=O) groups is 3. The Hall–Kier alpha value is -2.44. The molecule has 0 spiro atoms. The lowest BCUT2D eigenvalue weighted by molar-refractivity contribution is -0.138.